The molecule has 0 aromatic carbocycles. The van der Waals surface area contributed by atoms with Crippen molar-refractivity contribution in [3.63, 3.8) is 0 Å². The Labute approximate surface area is 119 Å². The Morgan fingerprint density at radius 2 is 2.30 bits per heavy atom. The molecule has 0 saturated carbocycles. The van der Waals surface area contributed by atoms with Crippen molar-refractivity contribution >= 4 is 15.9 Å². The van der Waals surface area contributed by atoms with Crippen molar-refractivity contribution in [2.24, 2.45) is 0 Å². The summed E-state index contributed by atoms with van der Waals surface area (Å²) in [5.41, 5.74) is 0.824. The van der Waals surface area contributed by atoms with Gasteiger partial charge in [-0.2, -0.15) is 9.40 Å². The van der Waals surface area contributed by atoms with E-state index in [-0.39, 0.29) is 24.1 Å². The Morgan fingerprint density at radius 3 is 2.95 bits per heavy atom. The van der Waals surface area contributed by atoms with Crippen LogP contribution in [0, 0.1) is 0 Å². The number of carbonyl (C=O) groups is 1. The maximum Gasteiger partial charge on any atom is 0.221 e. The molecule has 0 unspecified atom stereocenters. The van der Waals surface area contributed by atoms with Gasteiger partial charge in [0.2, 0.25) is 15.9 Å². The standard InChI is InChI=1S/C12H20N4O3S/c1-3-6-20(18,19)15-8-10-4-5-14-16(10)11(9-15)7-12(17)13-2/h4-5,11H,3,6-9H2,1-2H3,(H,13,17)/t11-/m1/s1. The lowest BCUT2D eigenvalue weighted by Gasteiger charge is -2.32. The number of amides is 1. The smallest absolute Gasteiger partial charge is 0.221 e. The summed E-state index contributed by atoms with van der Waals surface area (Å²) >= 11 is 0. The quantitative estimate of drug-likeness (QED) is 0.837. The van der Waals surface area contributed by atoms with Crippen molar-refractivity contribution in [3.05, 3.63) is 18.0 Å². The minimum Gasteiger partial charge on any atom is -0.359 e. The van der Waals surface area contributed by atoms with E-state index in [0.717, 1.165) is 5.69 Å². The molecule has 20 heavy (non-hydrogen) atoms. The predicted molar refractivity (Wildman–Crippen MR) is 74.4 cm³/mol. The molecule has 112 valence electrons. The number of sulfonamides is 1. The van der Waals surface area contributed by atoms with Gasteiger partial charge in [0, 0.05) is 19.8 Å². The number of hydrogen-bond donors (Lipinski definition) is 1. The zero-order valence-electron chi connectivity index (χ0n) is 11.7. The molecule has 1 aromatic heterocycles. The SMILES string of the molecule is CCCS(=O)(=O)N1Cc2ccnn2[C@H](CC(=O)NC)C1. The van der Waals surface area contributed by atoms with Crippen LogP contribution in [0.1, 0.15) is 31.5 Å². The molecule has 0 bridgehead atoms. The Balaban J connectivity index is 2.24. The van der Waals surface area contributed by atoms with E-state index in [4.69, 9.17) is 0 Å². The largest absolute Gasteiger partial charge is 0.359 e. The number of aromatic nitrogens is 2. The first-order chi connectivity index (χ1) is 9.47. The van der Waals surface area contributed by atoms with Crippen LogP contribution in [0.5, 0.6) is 0 Å². The fraction of sp³-hybridized carbons (Fsp3) is 0.667. The molecule has 1 atom stereocenters. The van der Waals surface area contributed by atoms with E-state index in [1.54, 1.807) is 24.0 Å². The molecule has 1 N–H and O–H groups in total. The normalized spacial score (nSPS) is 19.6. The molecular formula is C12H20N4O3S. The lowest BCUT2D eigenvalue weighted by atomic mass is 10.1. The van der Waals surface area contributed by atoms with Gasteiger partial charge < -0.3 is 5.32 Å². The highest BCUT2D eigenvalue weighted by molar-refractivity contribution is 7.89. The fourth-order valence-corrected chi connectivity index (χ4v) is 3.92. The Hall–Kier alpha value is -1.41. The molecule has 2 heterocycles. The summed E-state index contributed by atoms with van der Waals surface area (Å²) in [4.78, 5) is 11.6. The molecule has 1 amide bonds. The lowest BCUT2D eigenvalue weighted by Crippen LogP contribution is -2.43. The van der Waals surface area contributed by atoms with Crippen LogP contribution in [-0.4, -0.2) is 47.8 Å². The van der Waals surface area contributed by atoms with E-state index >= 15 is 0 Å². The topological polar surface area (TPSA) is 84.3 Å². The van der Waals surface area contributed by atoms with Gasteiger partial charge in [-0.3, -0.25) is 9.48 Å². The maximum atomic E-state index is 12.2. The van der Waals surface area contributed by atoms with Crippen molar-refractivity contribution in [1.82, 2.24) is 19.4 Å². The summed E-state index contributed by atoms with van der Waals surface area (Å²) in [7, 11) is -1.70. The van der Waals surface area contributed by atoms with Crippen molar-refractivity contribution in [2.75, 3.05) is 19.3 Å². The van der Waals surface area contributed by atoms with Crippen molar-refractivity contribution < 1.29 is 13.2 Å². The first-order valence-corrected chi connectivity index (χ1v) is 8.29. The van der Waals surface area contributed by atoms with Crippen molar-refractivity contribution in [1.29, 1.82) is 0 Å². The number of rotatable bonds is 5. The second-order valence-corrected chi connectivity index (χ2v) is 7.00. The molecule has 1 aliphatic rings. The molecule has 8 heteroatoms. The second-order valence-electron chi connectivity index (χ2n) is 4.91. The van der Waals surface area contributed by atoms with Gasteiger partial charge in [-0.1, -0.05) is 6.92 Å². The zero-order chi connectivity index (χ0) is 14.8. The average Bonchev–Trinajstić information content (AvgIpc) is 2.87. The minimum atomic E-state index is -3.27. The summed E-state index contributed by atoms with van der Waals surface area (Å²) < 4.78 is 27.6. The summed E-state index contributed by atoms with van der Waals surface area (Å²) in [6, 6.07) is 1.55. The first kappa shape index (κ1) is 15.0. The van der Waals surface area contributed by atoms with E-state index in [0.29, 0.717) is 19.5 Å². The van der Waals surface area contributed by atoms with Gasteiger partial charge in [-0.15, -0.1) is 0 Å². The highest BCUT2D eigenvalue weighted by Crippen LogP contribution is 2.25. The van der Waals surface area contributed by atoms with Crippen LogP contribution >= 0.6 is 0 Å². The minimum absolute atomic E-state index is 0.119. The van der Waals surface area contributed by atoms with Crippen LogP contribution in [-0.2, 0) is 21.4 Å². The third-order valence-electron chi connectivity index (χ3n) is 3.41. The summed E-state index contributed by atoms with van der Waals surface area (Å²) in [5.74, 6) is 0.0135. The molecule has 1 aromatic rings. The van der Waals surface area contributed by atoms with Crippen LogP contribution in [0.15, 0.2) is 12.3 Å². The molecule has 0 spiro atoms. The van der Waals surface area contributed by atoms with Crippen LogP contribution in [0.3, 0.4) is 0 Å². The maximum absolute atomic E-state index is 12.2. The van der Waals surface area contributed by atoms with Gasteiger partial charge in [-0.25, -0.2) is 8.42 Å². The number of fused-ring (bicyclic) bond motifs is 1. The van der Waals surface area contributed by atoms with Crippen LogP contribution in [0.2, 0.25) is 0 Å². The number of nitrogens with zero attached hydrogens (tertiary/aromatic N) is 3. The van der Waals surface area contributed by atoms with E-state index in [2.05, 4.69) is 10.4 Å². The highest BCUT2D eigenvalue weighted by atomic mass is 32.2. The fourth-order valence-electron chi connectivity index (χ4n) is 2.42. The number of carbonyl (C=O) groups excluding carboxylic acids is 1. The predicted octanol–water partition coefficient (Wildman–Crippen LogP) is 0.116. The van der Waals surface area contributed by atoms with Crippen LogP contribution in [0.25, 0.3) is 0 Å². The molecular weight excluding hydrogens is 280 g/mol. The van der Waals surface area contributed by atoms with Gasteiger partial charge in [0.1, 0.15) is 0 Å². The molecule has 7 nitrogen and oxygen atoms in total. The Kier molecular flexibility index (Phi) is 4.44. The zero-order valence-corrected chi connectivity index (χ0v) is 12.6. The third kappa shape index (κ3) is 3.01. The number of hydrogen-bond acceptors (Lipinski definition) is 4. The average molecular weight is 300 g/mol. The molecule has 2 rings (SSSR count). The summed E-state index contributed by atoms with van der Waals surface area (Å²) in [6.07, 6.45) is 2.45. The van der Waals surface area contributed by atoms with E-state index in [1.807, 2.05) is 6.92 Å². The molecule has 0 radical (unpaired) electrons. The van der Waals surface area contributed by atoms with Gasteiger partial charge in [-0.05, 0) is 12.5 Å². The molecule has 0 fully saturated rings. The Bertz CT molecular complexity index is 581. The molecule has 1 aliphatic heterocycles. The highest BCUT2D eigenvalue weighted by Gasteiger charge is 2.33. The number of nitrogens with one attached hydrogen (secondary N) is 1. The summed E-state index contributed by atoms with van der Waals surface area (Å²) in [6.45, 7) is 2.46. The van der Waals surface area contributed by atoms with Crippen molar-refractivity contribution in [3.8, 4) is 0 Å². The monoisotopic (exact) mass is 300 g/mol. The van der Waals surface area contributed by atoms with E-state index in [1.165, 1.54) is 4.31 Å². The van der Waals surface area contributed by atoms with Gasteiger partial charge >= 0.3 is 0 Å². The third-order valence-corrected chi connectivity index (χ3v) is 5.40. The molecule has 0 aliphatic carbocycles. The first-order valence-electron chi connectivity index (χ1n) is 6.68. The van der Waals surface area contributed by atoms with Gasteiger partial charge in [0.15, 0.2) is 0 Å². The lowest BCUT2D eigenvalue weighted by molar-refractivity contribution is -0.121. The van der Waals surface area contributed by atoms with Gasteiger partial charge in [0.25, 0.3) is 0 Å². The van der Waals surface area contributed by atoms with E-state index in [9.17, 15) is 13.2 Å². The molecule has 0 saturated heterocycles. The second kappa shape index (κ2) is 5.92. The van der Waals surface area contributed by atoms with Crippen LogP contribution < -0.4 is 5.32 Å². The van der Waals surface area contributed by atoms with E-state index < -0.39 is 10.0 Å². The van der Waals surface area contributed by atoms with Crippen LogP contribution in [0.4, 0.5) is 0 Å². The Morgan fingerprint density at radius 1 is 1.55 bits per heavy atom. The summed E-state index contributed by atoms with van der Waals surface area (Å²) in [5, 5.41) is 6.77. The van der Waals surface area contributed by atoms with Crippen molar-refractivity contribution in [2.45, 2.75) is 32.4 Å². The van der Waals surface area contributed by atoms with Gasteiger partial charge in [0.05, 0.1) is 30.5 Å².